The molecule has 5 nitrogen and oxygen atoms in total. The number of rotatable bonds is 4. The fraction of sp³-hybridized carbons (Fsp3) is 0.412. The Bertz CT molecular complexity index is 624. The minimum Gasteiger partial charge on any atom is -0.391 e. The Morgan fingerprint density at radius 2 is 2.14 bits per heavy atom. The third-order valence-corrected chi connectivity index (χ3v) is 4.03. The van der Waals surface area contributed by atoms with Crippen LogP contribution in [0.4, 0.5) is 0 Å². The highest BCUT2D eigenvalue weighted by atomic mass is 16.3. The number of aryl methyl sites for hydroxylation is 1. The van der Waals surface area contributed by atoms with E-state index in [2.05, 4.69) is 5.10 Å². The van der Waals surface area contributed by atoms with Gasteiger partial charge in [0.15, 0.2) is 0 Å². The number of benzene rings is 1. The lowest BCUT2D eigenvalue weighted by atomic mass is 10.1. The van der Waals surface area contributed by atoms with Gasteiger partial charge in [-0.25, -0.2) is 4.68 Å². The summed E-state index contributed by atoms with van der Waals surface area (Å²) in [5.41, 5.74) is 2.06. The van der Waals surface area contributed by atoms with Gasteiger partial charge in [-0.1, -0.05) is 18.2 Å². The summed E-state index contributed by atoms with van der Waals surface area (Å²) in [6.45, 7) is 1.24. The number of amides is 1. The smallest absolute Gasteiger partial charge is 0.222 e. The van der Waals surface area contributed by atoms with Crippen LogP contribution in [0, 0.1) is 0 Å². The molecule has 2 heterocycles. The molecule has 0 saturated carbocycles. The fourth-order valence-electron chi connectivity index (χ4n) is 2.80. The van der Waals surface area contributed by atoms with E-state index in [1.165, 1.54) is 0 Å². The van der Waals surface area contributed by atoms with Crippen molar-refractivity contribution < 1.29 is 9.90 Å². The second-order valence-electron chi connectivity index (χ2n) is 5.76. The predicted octanol–water partition coefficient (Wildman–Crippen LogP) is 1.79. The van der Waals surface area contributed by atoms with Crippen LogP contribution >= 0.6 is 0 Å². The van der Waals surface area contributed by atoms with Crippen molar-refractivity contribution in [3.63, 3.8) is 0 Å². The van der Waals surface area contributed by atoms with Crippen molar-refractivity contribution in [2.45, 2.75) is 31.8 Å². The predicted molar refractivity (Wildman–Crippen MR) is 83.7 cm³/mol. The summed E-state index contributed by atoms with van der Waals surface area (Å²) in [7, 11) is 0. The van der Waals surface area contributed by atoms with Crippen molar-refractivity contribution in [2.75, 3.05) is 13.1 Å². The Morgan fingerprint density at radius 3 is 2.91 bits per heavy atom. The highest BCUT2D eigenvalue weighted by Crippen LogP contribution is 2.13. The van der Waals surface area contributed by atoms with Crippen LogP contribution in [0.15, 0.2) is 42.7 Å². The maximum Gasteiger partial charge on any atom is 0.222 e. The van der Waals surface area contributed by atoms with Gasteiger partial charge in [-0.2, -0.15) is 5.10 Å². The third-order valence-electron chi connectivity index (χ3n) is 4.03. The number of hydrogen-bond donors (Lipinski definition) is 1. The highest BCUT2D eigenvalue weighted by molar-refractivity contribution is 5.76. The first-order valence-corrected chi connectivity index (χ1v) is 7.77. The highest BCUT2D eigenvalue weighted by Gasteiger charge is 2.21. The molecule has 116 valence electrons. The average Bonchev–Trinajstić information content (AvgIpc) is 3.02. The molecule has 22 heavy (non-hydrogen) atoms. The molecule has 1 N–H and O–H groups in total. The van der Waals surface area contributed by atoms with E-state index in [9.17, 15) is 9.90 Å². The molecule has 0 spiro atoms. The molecule has 1 fully saturated rings. The summed E-state index contributed by atoms with van der Waals surface area (Å²) >= 11 is 0. The van der Waals surface area contributed by atoms with E-state index < -0.39 is 0 Å². The van der Waals surface area contributed by atoms with Crippen molar-refractivity contribution in [3.05, 3.63) is 48.3 Å². The molecule has 1 saturated heterocycles. The molecule has 1 unspecified atom stereocenters. The molecule has 3 rings (SSSR count). The molecule has 1 aliphatic rings. The van der Waals surface area contributed by atoms with Crippen LogP contribution in [0.1, 0.15) is 24.8 Å². The van der Waals surface area contributed by atoms with E-state index in [-0.39, 0.29) is 12.0 Å². The van der Waals surface area contributed by atoms with Gasteiger partial charge in [-0.05, 0) is 37.0 Å². The van der Waals surface area contributed by atoms with Crippen LogP contribution in [0.2, 0.25) is 0 Å². The Labute approximate surface area is 130 Å². The number of piperidine rings is 1. The summed E-state index contributed by atoms with van der Waals surface area (Å²) < 4.78 is 1.82. The Morgan fingerprint density at radius 1 is 1.32 bits per heavy atom. The van der Waals surface area contributed by atoms with Gasteiger partial charge in [0.2, 0.25) is 5.91 Å². The topological polar surface area (TPSA) is 58.4 Å². The van der Waals surface area contributed by atoms with Crippen LogP contribution in [-0.2, 0) is 11.2 Å². The van der Waals surface area contributed by atoms with Gasteiger partial charge in [0.05, 0.1) is 18.0 Å². The molecule has 0 aliphatic carbocycles. The largest absolute Gasteiger partial charge is 0.391 e. The van der Waals surface area contributed by atoms with Gasteiger partial charge in [0.25, 0.3) is 0 Å². The van der Waals surface area contributed by atoms with Gasteiger partial charge in [-0.15, -0.1) is 0 Å². The fourth-order valence-corrected chi connectivity index (χ4v) is 2.80. The number of carbonyl (C=O) groups is 1. The number of aromatic nitrogens is 2. The van der Waals surface area contributed by atoms with Crippen LogP contribution < -0.4 is 0 Å². The minimum absolute atomic E-state index is 0.117. The van der Waals surface area contributed by atoms with Gasteiger partial charge in [-0.3, -0.25) is 4.79 Å². The van der Waals surface area contributed by atoms with Gasteiger partial charge < -0.3 is 10.0 Å². The number of para-hydroxylation sites is 1. The average molecular weight is 299 g/mol. The lowest BCUT2D eigenvalue weighted by Crippen LogP contribution is -2.42. The van der Waals surface area contributed by atoms with Crippen molar-refractivity contribution >= 4 is 5.91 Å². The first-order chi connectivity index (χ1) is 10.7. The molecule has 0 radical (unpaired) electrons. The molecule has 1 aliphatic heterocycles. The van der Waals surface area contributed by atoms with Crippen LogP contribution in [0.25, 0.3) is 5.69 Å². The molecule has 2 aromatic rings. The molecular formula is C17H21N3O2. The molecule has 1 aromatic heterocycles. The monoisotopic (exact) mass is 299 g/mol. The zero-order valence-electron chi connectivity index (χ0n) is 12.6. The number of aliphatic hydroxyl groups is 1. The third kappa shape index (κ3) is 3.54. The Hall–Kier alpha value is -2.14. The number of hydrogen-bond acceptors (Lipinski definition) is 3. The summed E-state index contributed by atoms with van der Waals surface area (Å²) in [4.78, 5) is 14.0. The summed E-state index contributed by atoms with van der Waals surface area (Å²) in [5, 5.41) is 14.0. The van der Waals surface area contributed by atoms with Crippen molar-refractivity contribution in [1.82, 2.24) is 14.7 Å². The van der Waals surface area contributed by atoms with Crippen LogP contribution in [0.5, 0.6) is 0 Å². The number of β-amino-alcohol motifs (C(OH)–C–C–N with tert-alkyl or cyclic N) is 1. The SMILES string of the molecule is O=C(CCc1cnn(-c2ccccc2)c1)N1CCCC(O)C1. The summed E-state index contributed by atoms with van der Waals surface area (Å²) in [5.74, 6) is 0.117. The molecule has 1 aromatic carbocycles. The molecule has 1 atom stereocenters. The van der Waals surface area contributed by atoms with E-state index in [1.807, 2.05) is 47.4 Å². The normalized spacial score (nSPS) is 18.4. The quantitative estimate of drug-likeness (QED) is 0.936. The molecule has 1 amide bonds. The standard InChI is InChI=1S/C17H21N3O2/c21-16-7-4-10-19(13-16)17(22)9-8-14-11-18-20(12-14)15-5-2-1-3-6-15/h1-3,5-6,11-12,16,21H,4,7-10,13H2. The Balaban J connectivity index is 1.56. The number of carbonyl (C=O) groups excluding carboxylic acids is 1. The summed E-state index contributed by atoms with van der Waals surface area (Å²) in [6.07, 6.45) is 6.25. The van der Waals surface area contributed by atoms with E-state index in [0.29, 0.717) is 19.4 Å². The van der Waals surface area contributed by atoms with Gasteiger partial charge in [0.1, 0.15) is 0 Å². The lowest BCUT2D eigenvalue weighted by Gasteiger charge is -2.30. The number of nitrogens with zero attached hydrogens (tertiary/aromatic N) is 3. The van der Waals surface area contributed by atoms with E-state index in [0.717, 1.165) is 30.6 Å². The van der Waals surface area contributed by atoms with Crippen molar-refractivity contribution in [1.29, 1.82) is 0 Å². The zero-order chi connectivity index (χ0) is 15.4. The maximum atomic E-state index is 12.2. The zero-order valence-corrected chi connectivity index (χ0v) is 12.6. The van der Waals surface area contributed by atoms with Gasteiger partial charge >= 0.3 is 0 Å². The first kappa shape index (κ1) is 14.8. The molecule has 5 heteroatoms. The molecular weight excluding hydrogens is 278 g/mol. The number of aliphatic hydroxyl groups excluding tert-OH is 1. The van der Waals surface area contributed by atoms with Crippen molar-refractivity contribution in [2.24, 2.45) is 0 Å². The van der Waals surface area contributed by atoms with Crippen LogP contribution in [0.3, 0.4) is 0 Å². The molecule has 0 bridgehead atoms. The van der Waals surface area contributed by atoms with Gasteiger partial charge in [0, 0.05) is 25.7 Å². The van der Waals surface area contributed by atoms with Crippen molar-refractivity contribution in [3.8, 4) is 5.69 Å². The second-order valence-corrected chi connectivity index (χ2v) is 5.76. The van der Waals surface area contributed by atoms with Crippen LogP contribution in [-0.4, -0.2) is 44.9 Å². The minimum atomic E-state index is -0.362. The van der Waals surface area contributed by atoms with E-state index in [4.69, 9.17) is 0 Å². The Kier molecular flexibility index (Phi) is 4.53. The summed E-state index contributed by atoms with van der Waals surface area (Å²) in [6, 6.07) is 9.91. The number of likely N-dealkylation sites (tertiary alicyclic amines) is 1. The van der Waals surface area contributed by atoms with E-state index in [1.54, 1.807) is 4.90 Å². The lowest BCUT2D eigenvalue weighted by molar-refractivity contribution is -0.134. The first-order valence-electron chi connectivity index (χ1n) is 7.77. The van der Waals surface area contributed by atoms with E-state index >= 15 is 0 Å². The maximum absolute atomic E-state index is 12.2. The second kappa shape index (κ2) is 6.75.